The van der Waals surface area contributed by atoms with Gasteiger partial charge in [-0.1, -0.05) is 36.8 Å². The van der Waals surface area contributed by atoms with Crippen molar-refractivity contribution >= 4 is 11.3 Å². The summed E-state index contributed by atoms with van der Waals surface area (Å²) in [4.78, 5) is 5.66. The lowest BCUT2D eigenvalue weighted by molar-refractivity contribution is 0.722. The Morgan fingerprint density at radius 3 is 3.00 bits per heavy atom. The van der Waals surface area contributed by atoms with Crippen molar-refractivity contribution < 1.29 is 0 Å². The minimum atomic E-state index is 0.868. The molecule has 0 radical (unpaired) electrons. The number of thiazole rings is 1. The van der Waals surface area contributed by atoms with Crippen LogP contribution in [-0.2, 0) is 6.54 Å². The maximum atomic E-state index is 4.42. The molecule has 1 N–H and O–H groups in total. The van der Waals surface area contributed by atoms with Gasteiger partial charge in [-0.2, -0.15) is 0 Å². The molecule has 0 saturated heterocycles. The Morgan fingerprint density at radius 1 is 1.38 bits per heavy atom. The topological polar surface area (TPSA) is 24.9 Å². The molecule has 0 amide bonds. The van der Waals surface area contributed by atoms with E-state index in [1.165, 1.54) is 16.0 Å². The maximum Gasteiger partial charge on any atom is 0.107 e. The number of aromatic nitrogens is 1. The Bertz CT molecular complexity index is 462. The van der Waals surface area contributed by atoms with E-state index in [-0.39, 0.29) is 0 Å². The summed E-state index contributed by atoms with van der Waals surface area (Å²) < 4.78 is 0. The van der Waals surface area contributed by atoms with E-state index >= 15 is 0 Å². The summed E-state index contributed by atoms with van der Waals surface area (Å²) in [6.45, 7) is 6.07. The van der Waals surface area contributed by atoms with E-state index in [0.29, 0.717) is 0 Å². The molecule has 0 aliphatic heterocycles. The van der Waals surface area contributed by atoms with Gasteiger partial charge >= 0.3 is 0 Å². The Hall–Kier alpha value is -1.19. The highest BCUT2D eigenvalue weighted by atomic mass is 32.1. The fourth-order valence-electron chi connectivity index (χ4n) is 1.56. The van der Waals surface area contributed by atoms with Gasteiger partial charge in [-0.3, -0.25) is 0 Å². The first-order valence-corrected chi connectivity index (χ1v) is 6.33. The summed E-state index contributed by atoms with van der Waals surface area (Å²) in [6, 6.07) is 8.54. The van der Waals surface area contributed by atoms with Crippen LogP contribution in [0.4, 0.5) is 0 Å². The first-order chi connectivity index (χ1) is 7.79. The second-order valence-electron chi connectivity index (χ2n) is 3.77. The van der Waals surface area contributed by atoms with E-state index in [0.717, 1.165) is 18.1 Å². The summed E-state index contributed by atoms with van der Waals surface area (Å²) in [5.41, 5.74) is 2.55. The van der Waals surface area contributed by atoms with E-state index in [1.807, 2.05) is 6.20 Å². The summed E-state index contributed by atoms with van der Waals surface area (Å²) in [5.74, 6) is 0. The van der Waals surface area contributed by atoms with E-state index in [1.54, 1.807) is 11.3 Å². The molecule has 0 aliphatic rings. The molecule has 2 aromatic rings. The van der Waals surface area contributed by atoms with Crippen molar-refractivity contribution in [2.45, 2.75) is 20.4 Å². The summed E-state index contributed by atoms with van der Waals surface area (Å²) in [7, 11) is 0. The Balaban J connectivity index is 2.18. The smallest absolute Gasteiger partial charge is 0.107 e. The van der Waals surface area contributed by atoms with Crippen LogP contribution in [0.2, 0.25) is 0 Å². The highest BCUT2D eigenvalue weighted by molar-refractivity contribution is 7.15. The molecule has 1 heterocycles. The number of hydrogen-bond acceptors (Lipinski definition) is 3. The molecule has 0 aliphatic carbocycles. The number of rotatable bonds is 4. The zero-order valence-corrected chi connectivity index (χ0v) is 10.5. The lowest BCUT2D eigenvalue weighted by atomic mass is 10.1. The van der Waals surface area contributed by atoms with Gasteiger partial charge in [-0.05, 0) is 19.0 Å². The van der Waals surface area contributed by atoms with Crippen molar-refractivity contribution in [3.8, 4) is 10.4 Å². The molecular formula is C13H16N2S. The molecule has 0 unspecified atom stereocenters. The highest BCUT2D eigenvalue weighted by Gasteiger charge is 2.03. The van der Waals surface area contributed by atoms with Gasteiger partial charge in [0.1, 0.15) is 5.01 Å². The van der Waals surface area contributed by atoms with E-state index in [9.17, 15) is 0 Å². The standard InChI is InChI=1S/C13H16N2S/c1-3-14-9-13-15-8-12(16-13)11-6-4-5-10(2)7-11/h4-8,14H,3,9H2,1-2H3. The quantitative estimate of drug-likeness (QED) is 0.875. The molecule has 0 atom stereocenters. The summed E-state index contributed by atoms with van der Waals surface area (Å²) >= 11 is 1.76. The van der Waals surface area contributed by atoms with Gasteiger partial charge in [0.25, 0.3) is 0 Å². The van der Waals surface area contributed by atoms with Crippen LogP contribution in [0, 0.1) is 6.92 Å². The molecule has 16 heavy (non-hydrogen) atoms. The Labute approximate surface area is 100 Å². The van der Waals surface area contributed by atoms with Crippen molar-refractivity contribution in [2.24, 2.45) is 0 Å². The molecule has 1 aromatic carbocycles. The third-order valence-corrected chi connectivity index (χ3v) is 3.43. The van der Waals surface area contributed by atoms with Crippen LogP contribution in [0.3, 0.4) is 0 Å². The number of nitrogens with zero attached hydrogens (tertiary/aromatic N) is 1. The van der Waals surface area contributed by atoms with Crippen LogP contribution < -0.4 is 5.32 Å². The van der Waals surface area contributed by atoms with Crippen LogP contribution in [0.1, 0.15) is 17.5 Å². The van der Waals surface area contributed by atoms with Gasteiger partial charge < -0.3 is 5.32 Å². The minimum Gasteiger partial charge on any atom is -0.311 e. The highest BCUT2D eigenvalue weighted by Crippen LogP contribution is 2.26. The average molecular weight is 232 g/mol. The third kappa shape index (κ3) is 2.68. The number of aryl methyl sites for hydroxylation is 1. The van der Waals surface area contributed by atoms with Gasteiger partial charge in [0, 0.05) is 12.7 Å². The van der Waals surface area contributed by atoms with Crippen molar-refractivity contribution in [2.75, 3.05) is 6.54 Å². The molecule has 0 fully saturated rings. The Morgan fingerprint density at radius 2 is 2.25 bits per heavy atom. The van der Waals surface area contributed by atoms with Crippen molar-refractivity contribution in [1.82, 2.24) is 10.3 Å². The Kier molecular flexibility index (Phi) is 3.70. The second-order valence-corrected chi connectivity index (χ2v) is 4.88. The third-order valence-electron chi connectivity index (χ3n) is 2.38. The normalized spacial score (nSPS) is 10.6. The van der Waals surface area contributed by atoms with Crippen molar-refractivity contribution in [3.05, 3.63) is 41.0 Å². The zero-order valence-electron chi connectivity index (χ0n) is 9.66. The van der Waals surface area contributed by atoms with Crippen LogP contribution in [-0.4, -0.2) is 11.5 Å². The summed E-state index contributed by atoms with van der Waals surface area (Å²) in [5, 5.41) is 4.44. The van der Waals surface area contributed by atoms with Crippen LogP contribution in [0.5, 0.6) is 0 Å². The molecular weight excluding hydrogens is 216 g/mol. The maximum absolute atomic E-state index is 4.42. The second kappa shape index (κ2) is 5.23. The van der Waals surface area contributed by atoms with Crippen LogP contribution >= 0.6 is 11.3 Å². The van der Waals surface area contributed by atoms with E-state index < -0.39 is 0 Å². The van der Waals surface area contributed by atoms with Gasteiger partial charge in [0.2, 0.25) is 0 Å². The molecule has 2 nitrogen and oxygen atoms in total. The average Bonchev–Trinajstić information content (AvgIpc) is 2.75. The lowest BCUT2D eigenvalue weighted by Crippen LogP contribution is -2.11. The lowest BCUT2D eigenvalue weighted by Gasteiger charge is -1.98. The molecule has 3 heteroatoms. The fourth-order valence-corrected chi connectivity index (χ4v) is 2.44. The first-order valence-electron chi connectivity index (χ1n) is 5.52. The van der Waals surface area contributed by atoms with Crippen LogP contribution in [0.25, 0.3) is 10.4 Å². The van der Waals surface area contributed by atoms with Crippen LogP contribution in [0.15, 0.2) is 30.5 Å². The van der Waals surface area contributed by atoms with Gasteiger partial charge in [-0.15, -0.1) is 11.3 Å². The molecule has 0 bridgehead atoms. The molecule has 1 aromatic heterocycles. The fraction of sp³-hybridized carbons (Fsp3) is 0.308. The summed E-state index contributed by atoms with van der Waals surface area (Å²) in [6.07, 6.45) is 1.96. The van der Waals surface area contributed by atoms with Crippen molar-refractivity contribution in [3.63, 3.8) is 0 Å². The first kappa shape index (κ1) is 11.3. The SMILES string of the molecule is CCNCc1ncc(-c2cccc(C)c2)s1. The number of benzene rings is 1. The molecule has 2 rings (SSSR count). The van der Waals surface area contributed by atoms with Gasteiger partial charge in [-0.25, -0.2) is 4.98 Å². The minimum absolute atomic E-state index is 0.868. The number of hydrogen-bond donors (Lipinski definition) is 1. The monoisotopic (exact) mass is 232 g/mol. The zero-order chi connectivity index (χ0) is 11.4. The van der Waals surface area contributed by atoms with Gasteiger partial charge in [0.05, 0.1) is 4.88 Å². The number of nitrogens with one attached hydrogen (secondary N) is 1. The van der Waals surface area contributed by atoms with E-state index in [4.69, 9.17) is 0 Å². The largest absolute Gasteiger partial charge is 0.311 e. The predicted octanol–water partition coefficient (Wildman–Crippen LogP) is 3.23. The predicted molar refractivity (Wildman–Crippen MR) is 69.7 cm³/mol. The van der Waals surface area contributed by atoms with Gasteiger partial charge in [0.15, 0.2) is 0 Å². The van der Waals surface area contributed by atoms with Crippen molar-refractivity contribution in [1.29, 1.82) is 0 Å². The molecule has 84 valence electrons. The molecule has 0 spiro atoms. The van der Waals surface area contributed by atoms with E-state index in [2.05, 4.69) is 48.4 Å². The molecule has 0 saturated carbocycles.